The minimum absolute atomic E-state index is 0.0519. The van der Waals surface area contributed by atoms with Crippen molar-refractivity contribution in [2.75, 3.05) is 11.6 Å². The summed E-state index contributed by atoms with van der Waals surface area (Å²) < 4.78 is 1.94. The standard InChI is InChI=1S/C13H7N5S2/c1-19-13-18-10-3-2-9(4-12(10)20-13)17-11(7-16)8(5-14)6-15/h2-4,17H,1H3. The van der Waals surface area contributed by atoms with Crippen LogP contribution in [0.1, 0.15) is 0 Å². The third-order valence-electron chi connectivity index (χ3n) is 2.40. The molecule has 0 saturated carbocycles. The fourth-order valence-corrected chi connectivity index (χ4v) is 3.02. The van der Waals surface area contributed by atoms with E-state index in [-0.39, 0.29) is 11.3 Å². The van der Waals surface area contributed by atoms with E-state index >= 15 is 0 Å². The van der Waals surface area contributed by atoms with Gasteiger partial charge in [0, 0.05) is 5.69 Å². The molecule has 0 bridgehead atoms. The number of fused-ring (bicyclic) bond motifs is 1. The maximum atomic E-state index is 8.99. The van der Waals surface area contributed by atoms with Crippen LogP contribution in [0, 0.1) is 34.0 Å². The van der Waals surface area contributed by atoms with Gasteiger partial charge < -0.3 is 5.32 Å². The van der Waals surface area contributed by atoms with Crippen molar-refractivity contribution in [1.29, 1.82) is 15.8 Å². The molecule has 7 heteroatoms. The normalized spacial score (nSPS) is 9.30. The largest absolute Gasteiger partial charge is 0.345 e. The molecule has 20 heavy (non-hydrogen) atoms. The van der Waals surface area contributed by atoms with Crippen molar-refractivity contribution in [3.63, 3.8) is 0 Å². The number of nitriles is 3. The molecule has 1 aromatic carbocycles. The zero-order valence-electron chi connectivity index (χ0n) is 10.3. The Hall–Kier alpha value is -2.53. The van der Waals surface area contributed by atoms with Crippen molar-refractivity contribution in [1.82, 2.24) is 4.98 Å². The molecule has 5 nitrogen and oxygen atoms in total. The molecular formula is C13H7N5S2. The van der Waals surface area contributed by atoms with Gasteiger partial charge in [-0.1, -0.05) is 11.8 Å². The lowest BCUT2D eigenvalue weighted by Crippen LogP contribution is -2.00. The zero-order chi connectivity index (χ0) is 14.5. The first-order valence-corrected chi connectivity index (χ1v) is 7.42. The topological polar surface area (TPSA) is 96.3 Å². The predicted molar refractivity (Wildman–Crippen MR) is 78.9 cm³/mol. The highest BCUT2D eigenvalue weighted by Crippen LogP contribution is 2.30. The number of hydrogen-bond acceptors (Lipinski definition) is 7. The first kappa shape index (κ1) is 13.9. The second-order valence-corrected chi connectivity index (χ2v) is 5.66. The van der Waals surface area contributed by atoms with Gasteiger partial charge >= 0.3 is 0 Å². The number of thiazole rings is 1. The minimum Gasteiger partial charge on any atom is -0.345 e. The van der Waals surface area contributed by atoms with Crippen LogP contribution in [-0.4, -0.2) is 11.2 Å². The predicted octanol–water partition coefficient (Wildman–Crippen LogP) is 3.25. The number of allylic oxidation sites excluding steroid dienone is 2. The van der Waals surface area contributed by atoms with E-state index in [9.17, 15) is 0 Å². The van der Waals surface area contributed by atoms with Gasteiger partial charge in [0.25, 0.3) is 0 Å². The average Bonchev–Trinajstić information content (AvgIpc) is 2.89. The molecule has 2 aromatic rings. The molecule has 0 saturated heterocycles. The Morgan fingerprint density at radius 1 is 1.25 bits per heavy atom. The quantitative estimate of drug-likeness (QED) is 0.690. The Morgan fingerprint density at radius 2 is 2.00 bits per heavy atom. The lowest BCUT2D eigenvalue weighted by atomic mass is 10.2. The summed E-state index contributed by atoms with van der Waals surface area (Å²) in [6, 6.07) is 10.6. The Morgan fingerprint density at radius 3 is 2.60 bits per heavy atom. The Kier molecular flexibility index (Phi) is 4.22. The van der Waals surface area contributed by atoms with Crippen molar-refractivity contribution in [2.24, 2.45) is 0 Å². The van der Waals surface area contributed by atoms with E-state index in [4.69, 9.17) is 15.8 Å². The number of benzene rings is 1. The van der Waals surface area contributed by atoms with Gasteiger partial charge in [0.1, 0.15) is 23.9 Å². The molecule has 0 radical (unpaired) electrons. The summed E-state index contributed by atoms with van der Waals surface area (Å²) in [7, 11) is 0. The number of anilines is 1. The second kappa shape index (κ2) is 6.08. The summed E-state index contributed by atoms with van der Waals surface area (Å²) in [5, 5.41) is 29.3. The van der Waals surface area contributed by atoms with E-state index in [2.05, 4.69) is 10.3 Å². The van der Waals surface area contributed by atoms with E-state index < -0.39 is 0 Å². The van der Waals surface area contributed by atoms with Crippen molar-refractivity contribution < 1.29 is 0 Å². The van der Waals surface area contributed by atoms with Crippen LogP contribution < -0.4 is 5.32 Å². The number of rotatable bonds is 3. The Balaban J connectivity index is 2.40. The number of hydrogen-bond donors (Lipinski definition) is 1. The monoisotopic (exact) mass is 297 g/mol. The fraction of sp³-hybridized carbons (Fsp3) is 0.0769. The number of aromatic nitrogens is 1. The van der Waals surface area contributed by atoms with Crippen molar-refractivity contribution >= 4 is 39.0 Å². The molecule has 0 aliphatic rings. The highest BCUT2D eigenvalue weighted by Gasteiger charge is 2.08. The van der Waals surface area contributed by atoms with Crippen LogP contribution >= 0.6 is 23.1 Å². The molecule has 0 fully saturated rings. The summed E-state index contributed by atoms with van der Waals surface area (Å²) in [6.07, 6.45) is 1.96. The van der Waals surface area contributed by atoms with Gasteiger partial charge in [0.05, 0.1) is 10.2 Å². The van der Waals surface area contributed by atoms with Gasteiger partial charge in [0.2, 0.25) is 0 Å². The maximum Gasteiger partial charge on any atom is 0.163 e. The lowest BCUT2D eigenvalue weighted by molar-refractivity contribution is 1.31. The number of nitrogens with zero attached hydrogens (tertiary/aromatic N) is 4. The molecule has 0 atom stereocenters. The van der Waals surface area contributed by atoms with Crippen LogP contribution in [0.5, 0.6) is 0 Å². The van der Waals surface area contributed by atoms with E-state index in [1.807, 2.05) is 24.5 Å². The van der Waals surface area contributed by atoms with Crippen LogP contribution in [0.25, 0.3) is 10.2 Å². The molecule has 0 spiro atoms. The van der Waals surface area contributed by atoms with Crippen LogP contribution in [0.3, 0.4) is 0 Å². The minimum atomic E-state index is -0.235. The molecule has 0 aliphatic carbocycles. The Labute approximate surface area is 123 Å². The van der Waals surface area contributed by atoms with Gasteiger partial charge in [-0.15, -0.1) is 11.3 Å². The highest BCUT2D eigenvalue weighted by atomic mass is 32.2. The van der Waals surface area contributed by atoms with Gasteiger partial charge in [0.15, 0.2) is 9.91 Å². The third kappa shape index (κ3) is 2.73. The van der Waals surface area contributed by atoms with Gasteiger partial charge in [-0.05, 0) is 24.5 Å². The van der Waals surface area contributed by atoms with E-state index in [0.717, 1.165) is 14.6 Å². The first-order chi connectivity index (χ1) is 9.71. The number of thioether (sulfide) groups is 1. The first-order valence-electron chi connectivity index (χ1n) is 5.38. The fourth-order valence-electron chi connectivity index (χ4n) is 1.50. The van der Waals surface area contributed by atoms with Crippen molar-refractivity contribution in [3.05, 3.63) is 29.5 Å². The average molecular weight is 297 g/mol. The van der Waals surface area contributed by atoms with E-state index in [0.29, 0.717) is 5.69 Å². The summed E-state index contributed by atoms with van der Waals surface area (Å²) in [5.41, 5.74) is 1.24. The summed E-state index contributed by atoms with van der Waals surface area (Å²) in [6.45, 7) is 0. The van der Waals surface area contributed by atoms with Crippen LogP contribution in [0.4, 0.5) is 5.69 Å². The van der Waals surface area contributed by atoms with Crippen molar-refractivity contribution in [3.8, 4) is 18.2 Å². The van der Waals surface area contributed by atoms with Crippen molar-refractivity contribution in [2.45, 2.75) is 4.34 Å². The molecule has 1 heterocycles. The molecule has 0 unspecified atom stereocenters. The van der Waals surface area contributed by atoms with Gasteiger partial charge in [-0.2, -0.15) is 15.8 Å². The molecular weight excluding hydrogens is 290 g/mol. The van der Waals surface area contributed by atoms with Gasteiger partial charge in [-0.25, -0.2) is 4.98 Å². The summed E-state index contributed by atoms with van der Waals surface area (Å²) in [5.74, 6) is 0. The molecule has 0 aliphatic heterocycles. The SMILES string of the molecule is CSc1nc2ccc(NC(C#N)=C(C#N)C#N)cc2s1. The van der Waals surface area contributed by atoms with Crippen LogP contribution in [0.15, 0.2) is 33.8 Å². The molecule has 0 amide bonds. The highest BCUT2D eigenvalue weighted by molar-refractivity contribution is 8.00. The second-order valence-electron chi connectivity index (χ2n) is 3.58. The molecule has 1 N–H and O–H groups in total. The molecule has 96 valence electrons. The maximum absolute atomic E-state index is 8.99. The number of nitrogens with one attached hydrogen (secondary N) is 1. The van der Waals surface area contributed by atoms with E-state index in [1.54, 1.807) is 41.3 Å². The molecule has 1 aromatic heterocycles. The van der Waals surface area contributed by atoms with E-state index in [1.165, 1.54) is 0 Å². The summed E-state index contributed by atoms with van der Waals surface area (Å²) >= 11 is 3.12. The van der Waals surface area contributed by atoms with Crippen LogP contribution in [-0.2, 0) is 0 Å². The zero-order valence-corrected chi connectivity index (χ0v) is 12.0. The Bertz CT molecular complexity index is 798. The van der Waals surface area contributed by atoms with Crippen LogP contribution in [0.2, 0.25) is 0 Å². The smallest absolute Gasteiger partial charge is 0.163 e. The third-order valence-corrected chi connectivity index (χ3v) is 4.40. The molecule has 2 rings (SSSR count). The lowest BCUT2D eigenvalue weighted by Gasteiger charge is -2.03. The summed E-state index contributed by atoms with van der Waals surface area (Å²) in [4.78, 5) is 4.41. The van der Waals surface area contributed by atoms with Gasteiger partial charge in [-0.3, -0.25) is 0 Å².